The normalized spacial score (nSPS) is 20.6. The van der Waals surface area contributed by atoms with E-state index in [0.717, 1.165) is 12.0 Å². The first-order valence-electron chi connectivity index (χ1n) is 5.31. The van der Waals surface area contributed by atoms with Crippen molar-refractivity contribution >= 4 is 29.1 Å². The van der Waals surface area contributed by atoms with Gasteiger partial charge < -0.3 is 4.90 Å². The first-order valence-corrected chi connectivity index (χ1v) is 6.07. The van der Waals surface area contributed by atoms with Gasteiger partial charge in [-0.05, 0) is 31.0 Å². The Morgan fingerprint density at radius 2 is 2.12 bits per heavy atom. The summed E-state index contributed by atoms with van der Waals surface area (Å²) in [5.41, 5.74) is 1.02. The molecule has 4 heteroatoms. The predicted octanol–water partition coefficient (Wildman–Crippen LogP) is 3.50. The summed E-state index contributed by atoms with van der Waals surface area (Å²) in [4.78, 5) is 13.5. The Balaban J connectivity index is 2.14. The lowest BCUT2D eigenvalue weighted by molar-refractivity contribution is -0.129. The maximum Gasteiger partial charge on any atom is 0.223 e. The zero-order valence-corrected chi connectivity index (χ0v) is 10.6. The average Bonchev–Trinajstić information content (AvgIpc) is 2.55. The molecule has 0 saturated carbocycles. The first-order chi connectivity index (χ1) is 7.58. The van der Waals surface area contributed by atoms with Crippen LogP contribution >= 0.6 is 23.2 Å². The molecule has 0 aromatic heterocycles. The average molecular weight is 258 g/mol. The number of hydrogen-bond acceptors (Lipinski definition) is 1. The van der Waals surface area contributed by atoms with E-state index in [2.05, 4.69) is 6.92 Å². The third-order valence-electron chi connectivity index (χ3n) is 2.97. The highest BCUT2D eigenvalue weighted by atomic mass is 35.5. The van der Waals surface area contributed by atoms with Crippen LogP contribution in [0.5, 0.6) is 0 Å². The van der Waals surface area contributed by atoms with Gasteiger partial charge in [0.05, 0.1) is 10.0 Å². The molecule has 0 bridgehead atoms. The van der Waals surface area contributed by atoms with Gasteiger partial charge in [0.15, 0.2) is 0 Å². The van der Waals surface area contributed by atoms with E-state index in [0.29, 0.717) is 29.1 Å². The summed E-state index contributed by atoms with van der Waals surface area (Å²) in [5, 5.41) is 1.09. The van der Waals surface area contributed by atoms with Crippen LogP contribution in [-0.4, -0.2) is 16.8 Å². The zero-order valence-electron chi connectivity index (χ0n) is 9.04. The molecule has 1 aromatic carbocycles. The zero-order chi connectivity index (χ0) is 11.7. The smallest absolute Gasteiger partial charge is 0.223 e. The molecular weight excluding hydrogens is 245 g/mol. The van der Waals surface area contributed by atoms with Crippen molar-refractivity contribution in [2.45, 2.75) is 32.4 Å². The number of rotatable bonds is 2. The van der Waals surface area contributed by atoms with E-state index in [9.17, 15) is 4.79 Å². The third-order valence-corrected chi connectivity index (χ3v) is 3.70. The molecule has 1 fully saturated rings. The Bertz CT molecular complexity index is 419. The molecular formula is C12H13Cl2NO. The second-order valence-corrected chi connectivity index (χ2v) is 4.97. The first kappa shape index (κ1) is 11.7. The minimum Gasteiger partial charge on any atom is -0.336 e. The maximum atomic E-state index is 11.6. The number of benzene rings is 1. The molecule has 0 unspecified atom stereocenters. The fourth-order valence-corrected chi connectivity index (χ4v) is 2.28. The predicted molar refractivity (Wildman–Crippen MR) is 65.7 cm³/mol. The van der Waals surface area contributed by atoms with Crippen molar-refractivity contribution in [1.82, 2.24) is 4.90 Å². The molecule has 1 heterocycles. The Morgan fingerprint density at radius 3 is 2.69 bits per heavy atom. The third kappa shape index (κ3) is 2.33. The number of likely N-dealkylation sites (tertiary alicyclic amines) is 1. The van der Waals surface area contributed by atoms with Crippen molar-refractivity contribution in [3.63, 3.8) is 0 Å². The van der Waals surface area contributed by atoms with Crippen molar-refractivity contribution in [2.24, 2.45) is 0 Å². The van der Waals surface area contributed by atoms with E-state index >= 15 is 0 Å². The molecule has 86 valence electrons. The van der Waals surface area contributed by atoms with E-state index in [4.69, 9.17) is 23.2 Å². The van der Waals surface area contributed by atoms with Gasteiger partial charge in [0, 0.05) is 19.0 Å². The van der Waals surface area contributed by atoms with Gasteiger partial charge in [-0.1, -0.05) is 29.3 Å². The van der Waals surface area contributed by atoms with Gasteiger partial charge in [-0.2, -0.15) is 0 Å². The quantitative estimate of drug-likeness (QED) is 0.794. The summed E-state index contributed by atoms with van der Waals surface area (Å²) < 4.78 is 0. The topological polar surface area (TPSA) is 20.3 Å². The van der Waals surface area contributed by atoms with Crippen LogP contribution in [0.25, 0.3) is 0 Å². The lowest BCUT2D eigenvalue weighted by Gasteiger charge is -2.21. The Morgan fingerprint density at radius 1 is 1.38 bits per heavy atom. The van der Waals surface area contributed by atoms with Gasteiger partial charge in [0.1, 0.15) is 0 Å². The van der Waals surface area contributed by atoms with Crippen LogP contribution in [0, 0.1) is 0 Å². The fraction of sp³-hybridized carbons (Fsp3) is 0.417. The van der Waals surface area contributed by atoms with Crippen LogP contribution in [0.4, 0.5) is 0 Å². The van der Waals surface area contributed by atoms with E-state index < -0.39 is 0 Å². The van der Waals surface area contributed by atoms with Gasteiger partial charge in [0.2, 0.25) is 5.91 Å². The summed E-state index contributed by atoms with van der Waals surface area (Å²) in [6.45, 7) is 2.69. The highest BCUT2D eigenvalue weighted by Gasteiger charge is 2.27. The Hall–Kier alpha value is -0.730. The largest absolute Gasteiger partial charge is 0.336 e. The van der Waals surface area contributed by atoms with Crippen LogP contribution in [0.15, 0.2) is 18.2 Å². The standard InChI is InChI=1S/C12H13Cl2NO/c1-8-2-5-12(16)15(8)7-9-3-4-10(13)11(14)6-9/h3-4,6,8H,2,5,7H2,1H3/t8-/m1/s1. The molecule has 2 nitrogen and oxygen atoms in total. The highest BCUT2D eigenvalue weighted by molar-refractivity contribution is 6.42. The molecule has 1 aliphatic heterocycles. The van der Waals surface area contributed by atoms with Crippen LogP contribution in [0.3, 0.4) is 0 Å². The maximum absolute atomic E-state index is 11.6. The highest BCUT2D eigenvalue weighted by Crippen LogP contribution is 2.25. The van der Waals surface area contributed by atoms with Crippen molar-refractivity contribution < 1.29 is 4.79 Å². The van der Waals surface area contributed by atoms with Gasteiger partial charge in [-0.3, -0.25) is 4.79 Å². The Labute approximate surface area is 105 Å². The lowest BCUT2D eigenvalue weighted by atomic mass is 10.2. The van der Waals surface area contributed by atoms with E-state index in [1.54, 1.807) is 6.07 Å². The summed E-state index contributed by atoms with van der Waals surface area (Å²) in [7, 11) is 0. The molecule has 1 amide bonds. The van der Waals surface area contributed by atoms with Gasteiger partial charge in [0.25, 0.3) is 0 Å². The number of carbonyl (C=O) groups is 1. The van der Waals surface area contributed by atoms with Gasteiger partial charge in [-0.15, -0.1) is 0 Å². The minimum atomic E-state index is 0.221. The summed E-state index contributed by atoms with van der Waals surface area (Å²) >= 11 is 11.8. The summed E-state index contributed by atoms with van der Waals surface area (Å²) in [5.74, 6) is 0.221. The van der Waals surface area contributed by atoms with Crippen molar-refractivity contribution in [2.75, 3.05) is 0 Å². The number of hydrogen-bond donors (Lipinski definition) is 0. The second-order valence-electron chi connectivity index (χ2n) is 4.16. The molecule has 0 aliphatic carbocycles. The molecule has 1 atom stereocenters. The number of amides is 1. The van der Waals surface area contributed by atoms with Crippen molar-refractivity contribution in [3.05, 3.63) is 33.8 Å². The molecule has 0 spiro atoms. The van der Waals surface area contributed by atoms with Crippen LogP contribution in [-0.2, 0) is 11.3 Å². The molecule has 1 aromatic rings. The van der Waals surface area contributed by atoms with Crippen molar-refractivity contribution in [1.29, 1.82) is 0 Å². The van der Waals surface area contributed by atoms with E-state index in [-0.39, 0.29) is 5.91 Å². The monoisotopic (exact) mass is 257 g/mol. The molecule has 0 N–H and O–H groups in total. The molecule has 2 rings (SSSR count). The SMILES string of the molecule is C[C@@H]1CCC(=O)N1Cc1ccc(Cl)c(Cl)c1. The van der Waals surface area contributed by atoms with Crippen molar-refractivity contribution in [3.8, 4) is 0 Å². The second kappa shape index (κ2) is 4.64. The number of carbonyl (C=O) groups excluding carboxylic acids is 1. The lowest BCUT2D eigenvalue weighted by Crippen LogP contribution is -2.30. The van der Waals surface area contributed by atoms with E-state index in [1.165, 1.54) is 0 Å². The van der Waals surface area contributed by atoms with E-state index in [1.807, 2.05) is 17.0 Å². The Kier molecular flexibility index (Phi) is 3.41. The van der Waals surface area contributed by atoms with Gasteiger partial charge >= 0.3 is 0 Å². The fourth-order valence-electron chi connectivity index (χ4n) is 1.96. The molecule has 1 saturated heterocycles. The van der Waals surface area contributed by atoms with Crippen LogP contribution < -0.4 is 0 Å². The minimum absolute atomic E-state index is 0.221. The molecule has 0 radical (unpaired) electrons. The molecule has 16 heavy (non-hydrogen) atoms. The number of nitrogens with zero attached hydrogens (tertiary/aromatic N) is 1. The summed E-state index contributed by atoms with van der Waals surface area (Å²) in [6, 6.07) is 5.82. The van der Waals surface area contributed by atoms with Crippen LogP contribution in [0.2, 0.25) is 10.0 Å². The summed E-state index contributed by atoms with van der Waals surface area (Å²) in [6.07, 6.45) is 1.60. The van der Waals surface area contributed by atoms with Gasteiger partial charge in [-0.25, -0.2) is 0 Å². The molecule has 1 aliphatic rings. The number of halogens is 2. The van der Waals surface area contributed by atoms with Crippen LogP contribution in [0.1, 0.15) is 25.3 Å².